The van der Waals surface area contributed by atoms with E-state index < -0.39 is 5.60 Å². The zero-order valence-corrected chi connectivity index (χ0v) is 6.22. The van der Waals surface area contributed by atoms with Crippen LogP contribution < -0.4 is 0 Å². The van der Waals surface area contributed by atoms with Gasteiger partial charge in [0.25, 0.3) is 0 Å². The van der Waals surface area contributed by atoms with Crippen molar-refractivity contribution in [3.63, 3.8) is 0 Å². The molecule has 0 aromatic carbocycles. The molecule has 1 aromatic rings. The van der Waals surface area contributed by atoms with Gasteiger partial charge in [0.1, 0.15) is 5.51 Å². The molecule has 0 saturated carbocycles. The topological polar surface area (TPSA) is 46.0 Å². The Balaban J connectivity index is 2.99. The lowest BCUT2D eigenvalue weighted by molar-refractivity contribution is 0.121. The number of hydrogen-bond donors (Lipinski definition) is 1. The first-order valence-corrected chi connectivity index (χ1v) is 3.51. The molecule has 0 aliphatic rings. The first-order chi connectivity index (χ1) is 4.67. The highest BCUT2D eigenvalue weighted by atomic mass is 32.1. The van der Waals surface area contributed by atoms with Crippen LogP contribution in [0.5, 0.6) is 0 Å². The summed E-state index contributed by atoms with van der Waals surface area (Å²) in [5.41, 5.74) is 0.266. The highest BCUT2D eigenvalue weighted by Crippen LogP contribution is 2.19. The van der Waals surface area contributed by atoms with Crippen LogP contribution in [0.4, 0.5) is 0 Å². The van der Waals surface area contributed by atoms with Gasteiger partial charge in [0.2, 0.25) is 0 Å². The Morgan fingerprint density at radius 2 is 2.60 bits per heavy atom. The molecule has 0 unspecified atom stereocenters. The van der Waals surface area contributed by atoms with Crippen LogP contribution in [0.2, 0.25) is 0 Å². The maximum atomic E-state index is 9.36. The van der Waals surface area contributed by atoms with E-state index in [1.54, 1.807) is 0 Å². The minimum atomic E-state index is -1.26. The van der Waals surface area contributed by atoms with Crippen molar-refractivity contribution in [2.45, 2.75) is 12.5 Å². The molecule has 0 spiro atoms. The first-order valence-electron chi connectivity index (χ1n) is 2.63. The van der Waals surface area contributed by atoms with E-state index in [1.165, 1.54) is 23.8 Å². The van der Waals surface area contributed by atoms with Crippen molar-refractivity contribution >= 4 is 11.3 Å². The molecule has 1 aromatic heterocycles. The maximum Gasteiger partial charge on any atom is 0.176 e. The van der Waals surface area contributed by atoms with Gasteiger partial charge in [-0.1, -0.05) is 5.92 Å². The molecule has 3 nitrogen and oxygen atoms in total. The van der Waals surface area contributed by atoms with Gasteiger partial charge in [-0.2, -0.15) is 0 Å². The van der Waals surface area contributed by atoms with E-state index in [0.717, 1.165) is 0 Å². The summed E-state index contributed by atoms with van der Waals surface area (Å²) in [7, 11) is 0. The van der Waals surface area contributed by atoms with E-state index in [2.05, 4.69) is 16.1 Å². The molecule has 10 heavy (non-hydrogen) atoms. The zero-order valence-electron chi connectivity index (χ0n) is 5.40. The van der Waals surface area contributed by atoms with Crippen molar-refractivity contribution in [2.75, 3.05) is 0 Å². The second-order valence-electron chi connectivity index (χ2n) is 1.96. The number of nitrogens with zero attached hydrogens (tertiary/aromatic N) is 2. The second-order valence-corrected chi connectivity index (χ2v) is 2.79. The number of hydrogen-bond acceptors (Lipinski definition) is 4. The summed E-state index contributed by atoms with van der Waals surface area (Å²) in [6.45, 7) is 1.51. The van der Waals surface area contributed by atoms with E-state index in [0.29, 0.717) is 5.01 Å². The Morgan fingerprint density at radius 1 is 1.90 bits per heavy atom. The summed E-state index contributed by atoms with van der Waals surface area (Å²) in [5.74, 6) is 2.21. The summed E-state index contributed by atoms with van der Waals surface area (Å²) < 4.78 is 0. The molecular weight excluding hydrogens is 148 g/mol. The minimum Gasteiger partial charge on any atom is -0.371 e. The summed E-state index contributed by atoms with van der Waals surface area (Å²) in [4.78, 5) is 0. The van der Waals surface area contributed by atoms with Gasteiger partial charge in [0, 0.05) is 0 Å². The zero-order chi connectivity index (χ0) is 7.61. The first kappa shape index (κ1) is 7.19. The second kappa shape index (κ2) is 2.37. The molecule has 1 rings (SSSR count). The summed E-state index contributed by atoms with van der Waals surface area (Å²) in [6.07, 6.45) is 5.04. The molecule has 0 fully saturated rings. The Morgan fingerprint density at radius 3 is 3.00 bits per heavy atom. The third-order valence-corrected chi connectivity index (χ3v) is 1.96. The van der Waals surface area contributed by atoms with Crippen molar-refractivity contribution in [3.8, 4) is 12.3 Å². The van der Waals surface area contributed by atoms with E-state index >= 15 is 0 Å². The van der Waals surface area contributed by atoms with Crippen molar-refractivity contribution < 1.29 is 5.11 Å². The molecule has 4 heteroatoms. The lowest BCUT2D eigenvalue weighted by atomic mass is 10.1. The van der Waals surface area contributed by atoms with E-state index in [9.17, 15) is 5.11 Å². The van der Waals surface area contributed by atoms with E-state index in [4.69, 9.17) is 6.42 Å². The van der Waals surface area contributed by atoms with Gasteiger partial charge in [-0.25, -0.2) is 0 Å². The molecule has 1 heterocycles. The third-order valence-electron chi connectivity index (χ3n) is 1.06. The van der Waals surface area contributed by atoms with Gasteiger partial charge in [-0.15, -0.1) is 28.0 Å². The maximum absolute atomic E-state index is 9.36. The highest BCUT2D eigenvalue weighted by molar-refractivity contribution is 7.09. The van der Waals surface area contributed by atoms with Crippen LogP contribution in [0.3, 0.4) is 0 Å². The molecule has 0 aliphatic carbocycles. The Bertz CT molecular complexity index is 247. The average Bonchev–Trinajstić information content (AvgIpc) is 2.38. The minimum absolute atomic E-state index is 0.454. The van der Waals surface area contributed by atoms with Crippen LogP contribution in [0.25, 0.3) is 0 Å². The van der Waals surface area contributed by atoms with Gasteiger partial charge in [-0.05, 0) is 6.92 Å². The monoisotopic (exact) mass is 154 g/mol. The van der Waals surface area contributed by atoms with Gasteiger partial charge >= 0.3 is 0 Å². The van der Waals surface area contributed by atoms with Crippen LogP contribution in [-0.4, -0.2) is 15.3 Å². The van der Waals surface area contributed by atoms with Crippen LogP contribution in [0, 0.1) is 12.3 Å². The van der Waals surface area contributed by atoms with Crippen molar-refractivity contribution in [1.82, 2.24) is 10.2 Å². The highest BCUT2D eigenvalue weighted by Gasteiger charge is 2.22. The fraction of sp³-hybridized carbons (Fsp3) is 0.333. The summed E-state index contributed by atoms with van der Waals surface area (Å²) in [6, 6.07) is 0. The molecule has 0 amide bonds. The van der Waals surface area contributed by atoms with Gasteiger partial charge in [0.15, 0.2) is 10.6 Å². The molecule has 52 valence electrons. The number of rotatable bonds is 1. The molecule has 0 radical (unpaired) electrons. The summed E-state index contributed by atoms with van der Waals surface area (Å²) in [5, 5.41) is 17.0. The van der Waals surface area contributed by atoms with Gasteiger partial charge < -0.3 is 5.11 Å². The fourth-order valence-electron chi connectivity index (χ4n) is 0.447. The SMILES string of the molecule is C#C[C@@](C)(O)c1nncs1. The molecule has 0 bridgehead atoms. The lowest BCUT2D eigenvalue weighted by Gasteiger charge is -2.09. The Kier molecular flexibility index (Phi) is 1.70. The summed E-state index contributed by atoms with van der Waals surface area (Å²) >= 11 is 1.24. The lowest BCUT2D eigenvalue weighted by Crippen LogP contribution is -2.17. The third kappa shape index (κ3) is 1.15. The Hall–Kier alpha value is -0.920. The predicted molar refractivity (Wildman–Crippen MR) is 38.3 cm³/mol. The molecule has 0 saturated heterocycles. The van der Waals surface area contributed by atoms with Crippen LogP contribution in [0.15, 0.2) is 5.51 Å². The van der Waals surface area contributed by atoms with E-state index in [1.807, 2.05) is 0 Å². The number of aromatic nitrogens is 2. The van der Waals surface area contributed by atoms with Crippen molar-refractivity contribution in [3.05, 3.63) is 10.5 Å². The Labute approximate surface area is 62.7 Å². The van der Waals surface area contributed by atoms with Crippen LogP contribution >= 0.6 is 11.3 Å². The largest absolute Gasteiger partial charge is 0.371 e. The molecule has 0 aliphatic heterocycles. The predicted octanol–water partition coefficient (Wildman–Crippen LogP) is 0.379. The standard InChI is InChI=1S/C6H6N2OS/c1-3-6(2,9)5-8-7-4-10-5/h1,4,9H,2H3/t6-/m1/s1. The van der Waals surface area contributed by atoms with Crippen LogP contribution in [-0.2, 0) is 5.60 Å². The molecular formula is C6H6N2OS. The molecule has 1 atom stereocenters. The van der Waals surface area contributed by atoms with Crippen molar-refractivity contribution in [1.29, 1.82) is 0 Å². The molecule has 1 N–H and O–H groups in total. The quantitative estimate of drug-likeness (QED) is 0.595. The fourth-order valence-corrected chi connectivity index (χ4v) is 1.02. The van der Waals surface area contributed by atoms with Crippen LogP contribution in [0.1, 0.15) is 11.9 Å². The number of terminal acetylenes is 1. The van der Waals surface area contributed by atoms with Gasteiger partial charge in [-0.3, -0.25) is 0 Å². The number of aliphatic hydroxyl groups is 1. The smallest absolute Gasteiger partial charge is 0.176 e. The average molecular weight is 154 g/mol. The van der Waals surface area contributed by atoms with Gasteiger partial charge in [0.05, 0.1) is 0 Å². The van der Waals surface area contributed by atoms with Crippen molar-refractivity contribution in [2.24, 2.45) is 0 Å². The van der Waals surface area contributed by atoms with E-state index in [-0.39, 0.29) is 0 Å². The normalized spacial score (nSPS) is 15.7.